The Kier molecular flexibility index (Phi) is 5.44. The number of carbonyl (C=O) groups excluding carboxylic acids is 1. The molecule has 2 aromatic carbocycles. The number of aromatic amines is 1. The van der Waals surface area contributed by atoms with Gasteiger partial charge in [0.05, 0.1) is 17.5 Å². The van der Waals surface area contributed by atoms with Crippen LogP contribution in [-0.4, -0.2) is 37.9 Å². The molecule has 0 radical (unpaired) electrons. The number of primary sulfonamides is 1. The molecule has 0 saturated carbocycles. The molecule has 0 fully saturated rings. The first-order chi connectivity index (χ1) is 13.2. The number of nitrogens with two attached hydrogens (primary N) is 1. The quantitative estimate of drug-likeness (QED) is 0.662. The van der Waals surface area contributed by atoms with Crippen LogP contribution in [0.4, 0.5) is 0 Å². The number of nitrogens with one attached hydrogen (secondary N) is 1. The van der Waals surface area contributed by atoms with Crippen LogP contribution in [0.2, 0.25) is 0 Å². The fourth-order valence-electron chi connectivity index (χ4n) is 3.02. The topological polar surface area (TPSA) is 105 Å². The molecule has 28 heavy (non-hydrogen) atoms. The molecular weight excluding hydrogens is 378 g/mol. The number of rotatable bonds is 6. The first kappa shape index (κ1) is 19.9. The van der Waals surface area contributed by atoms with E-state index in [2.05, 4.69) is 4.98 Å². The Bertz CT molecular complexity index is 1120. The van der Waals surface area contributed by atoms with E-state index in [-0.39, 0.29) is 16.8 Å². The smallest absolute Gasteiger partial charge is 0.270 e. The molecule has 0 aliphatic heterocycles. The molecule has 0 spiro atoms. The first-order valence-corrected chi connectivity index (χ1v) is 10.4. The molecule has 0 aliphatic rings. The van der Waals surface area contributed by atoms with Gasteiger partial charge >= 0.3 is 0 Å². The number of hydrogen-bond donors (Lipinski definition) is 2. The minimum atomic E-state index is -3.80. The van der Waals surface area contributed by atoms with E-state index in [0.29, 0.717) is 17.9 Å². The number of sulfonamides is 1. The molecule has 1 atom stereocenters. The van der Waals surface area contributed by atoms with Gasteiger partial charge in [0.1, 0.15) is 11.4 Å². The molecule has 3 N–H and O–H groups in total. The van der Waals surface area contributed by atoms with E-state index in [1.54, 1.807) is 30.1 Å². The van der Waals surface area contributed by atoms with Crippen LogP contribution in [0.1, 0.15) is 35.9 Å². The van der Waals surface area contributed by atoms with Gasteiger partial charge in [0.25, 0.3) is 5.91 Å². The van der Waals surface area contributed by atoms with Crippen LogP contribution in [-0.2, 0) is 10.0 Å². The number of ether oxygens (including phenoxy) is 1. The Morgan fingerprint density at radius 2 is 1.96 bits per heavy atom. The molecule has 3 rings (SSSR count). The average Bonchev–Trinajstić information content (AvgIpc) is 3.09. The lowest BCUT2D eigenvalue weighted by Gasteiger charge is -2.25. The minimum absolute atomic E-state index is 0.0202. The number of fused-ring (bicyclic) bond motifs is 1. The lowest BCUT2D eigenvalue weighted by Crippen LogP contribution is -2.30. The molecule has 1 heterocycles. The molecule has 8 heteroatoms. The number of benzene rings is 2. The Labute approximate surface area is 164 Å². The van der Waals surface area contributed by atoms with E-state index in [1.165, 1.54) is 12.1 Å². The molecule has 0 aliphatic carbocycles. The zero-order valence-electron chi connectivity index (χ0n) is 16.0. The van der Waals surface area contributed by atoms with Crippen LogP contribution in [0.3, 0.4) is 0 Å². The largest absolute Gasteiger partial charge is 0.494 e. The van der Waals surface area contributed by atoms with E-state index in [1.807, 2.05) is 32.0 Å². The number of nitrogens with zero attached hydrogens (tertiary/aromatic N) is 1. The van der Waals surface area contributed by atoms with Crippen LogP contribution >= 0.6 is 0 Å². The maximum absolute atomic E-state index is 12.9. The normalized spacial score (nSPS) is 12.7. The van der Waals surface area contributed by atoms with E-state index in [0.717, 1.165) is 16.7 Å². The van der Waals surface area contributed by atoms with Crippen LogP contribution in [0.25, 0.3) is 10.9 Å². The van der Waals surface area contributed by atoms with Crippen molar-refractivity contribution in [3.63, 3.8) is 0 Å². The summed E-state index contributed by atoms with van der Waals surface area (Å²) < 4.78 is 28.7. The highest BCUT2D eigenvalue weighted by molar-refractivity contribution is 7.89. The summed E-state index contributed by atoms with van der Waals surface area (Å²) >= 11 is 0. The van der Waals surface area contributed by atoms with Crippen molar-refractivity contribution in [2.75, 3.05) is 13.7 Å². The fourth-order valence-corrected chi connectivity index (χ4v) is 3.59. The second kappa shape index (κ2) is 7.65. The van der Waals surface area contributed by atoms with E-state index >= 15 is 0 Å². The summed E-state index contributed by atoms with van der Waals surface area (Å²) in [5.74, 6) is 0.528. The summed E-state index contributed by atoms with van der Waals surface area (Å²) in [6, 6.07) is 13.4. The lowest BCUT2D eigenvalue weighted by atomic mass is 10.1. The summed E-state index contributed by atoms with van der Waals surface area (Å²) in [6.07, 6.45) is 0. The summed E-state index contributed by atoms with van der Waals surface area (Å²) in [4.78, 5) is 17.6. The van der Waals surface area contributed by atoms with Crippen molar-refractivity contribution in [1.29, 1.82) is 0 Å². The number of hydrogen-bond acceptors (Lipinski definition) is 4. The number of H-pyrrole nitrogens is 1. The van der Waals surface area contributed by atoms with Crippen molar-refractivity contribution >= 4 is 26.8 Å². The molecule has 3 aromatic rings. The predicted octanol–water partition coefficient (Wildman–Crippen LogP) is 3.05. The second-order valence-electron chi connectivity index (χ2n) is 6.57. The van der Waals surface area contributed by atoms with Crippen molar-refractivity contribution in [2.24, 2.45) is 5.14 Å². The van der Waals surface area contributed by atoms with Crippen molar-refractivity contribution in [2.45, 2.75) is 24.8 Å². The SMILES string of the molecule is CCOc1ccc2cc(C(=O)N(C)C(C)c3cccc(S(N)(=O)=O)c3)[nH]c2c1. The van der Waals surface area contributed by atoms with E-state index < -0.39 is 10.0 Å². The van der Waals surface area contributed by atoms with Gasteiger partial charge in [-0.05, 0) is 49.7 Å². The average molecular weight is 401 g/mol. The molecule has 1 aromatic heterocycles. The highest BCUT2D eigenvalue weighted by Crippen LogP contribution is 2.25. The standard InChI is InChI=1S/C20H23N3O4S/c1-4-27-16-9-8-15-11-19(22-18(15)12-16)20(24)23(3)13(2)14-6-5-7-17(10-14)28(21,25)26/h5-13,22H,4H2,1-3H3,(H2,21,25,26). The molecule has 0 bridgehead atoms. The van der Waals surface area contributed by atoms with E-state index in [9.17, 15) is 13.2 Å². The highest BCUT2D eigenvalue weighted by atomic mass is 32.2. The van der Waals surface area contributed by atoms with Gasteiger partial charge in [-0.15, -0.1) is 0 Å². The summed E-state index contributed by atoms with van der Waals surface area (Å²) in [6.45, 7) is 4.31. The van der Waals surface area contributed by atoms with Crippen LogP contribution in [0.15, 0.2) is 53.4 Å². The zero-order chi connectivity index (χ0) is 20.5. The van der Waals surface area contributed by atoms with Crippen molar-refractivity contribution in [3.05, 3.63) is 59.8 Å². The second-order valence-corrected chi connectivity index (χ2v) is 8.14. The van der Waals surface area contributed by atoms with Crippen molar-refractivity contribution in [3.8, 4) is 5.75 Å². The monoisotopic (exact) mass is 401 g/mol. The van der Waals surface area contributed by atoms with Crippen molar-refractivity contribution in [1.82, 2.24) is 9.88 Å². The van der Waals surface area contributed by atoms with Crippen LogP contribution < -0.4 is 9.88 Å². The zero-order valence-corrected chi connectivity index (χ0v) is 16.8. The number of amides is 1. The Morgan fingerprint density at radius 1 is 1.21 bits per heavy atom. The molecule has 1 amide bonds. The highest BCUT2D eigenvalue weighted by Gasteiger charge is 2.21. The first-order valence-electron chi connectivity index (χ1n) is 8.86. The van der Waals surface area contributed by atoms with Gasteiger partial charge in [0, 0.05) is 24.0 Å². The van der Waals surface area contributed by atoms with E-state index in [4.69, 9.17) is 9.88 Å². The Balaban J connectivity index is 1.86. The minimum Gasteiger partial charge on any atom is -0.494 e. The Hall–Kier alpha value is -2.84. The maximum atomic E-state index is 12.9. The summed E-state index contributed by atoms with van der Waals surface area (Å²) in [7, 11) is -2.13. The number of carbonyl (C=O) groups is 1. The molecule has 7 nitrogen and oxygen atoms in total. The third-order valence-electron chi connectivity index (χ3n) is 4.71. The lowest BCUT2D eigenvalue weighted by molar-refractivity contribution is 0.0737. The predicted molar refractivity (Wildman–Crippen MR) is 108 cm³/mol. The third kappa shape index (κ3) is 4.02. The molecule has 148 valence electrons. The number of aromatic nitrogens is 1. The van der Waals surface area contributed by atoms with Crippen molar-refractivity contribution < 1.29 is 17.9 Å². The van der Waals surface area contributed by atoms with Gasteiger partial charge in [-0.3, -0.25) is 4.79 Å². The molecular formula is C20H23N3O4S. The fraction of sp³-hybridized carbons (Fsp3) is 0.250. The van der Waals surface area contributed by atoms with Crippen LogP contribution in [0, 0.1) is 0 Å². The van der Waals surface area contributed by atoms with Gasteiger partial charge in [-0.25, -0.2) is 13.6 Å². The molecule has 0 saturated heterocycles. The third-order valence-corrected chi connectivity index (χ3v) is 5.62. The molecule has 1 unspecified atom stereocenters. The maximum Gasteiger partial charge on any atom is 0.270 e. The Morgan fingerprint density at radius 3 is 2.64 bits per heavy atom. The van der Waals surface area contributed by atoms with Gasteiger partial charge in [0.2, 0.25) is 10.0 Å². The summed E-state index contributed by atoms with van der Waals surface area (Å²) in [5.41, 5.74) is 1.93. The van der Waals surface area contributed by atoms with Gasteiger partial charge < -0.3 is 14.6 Å². The van der Waals surface area contributed by atoms with Crippen LogP contribution in [0.5, 0.6) is 5.75 Å². The van der Waals surface area contributed by atoms with Gasteiger partial charge in [-0.1, -0.05) is 12.1 Å². The van der Waals surface area contributed by atoms with Gasteiger partial charge in [-0.2, -0.15) is 0 Å². The van der Waals surface area contributed by atoms with Gasteiger partial charge in [0.15, 0.2) is 0 Å². The summed E-state index contributed by atoms with van der Waals surface area (Å²) in [5, 5.41) is 6.11.